The highest BCUT2D eigenvalue weighted by Gasteiger charge is 2.20. The Kier molecular flexibility index (Phi) is 2.49. The predicted octanol–water partition coefficient (Wildman–Crippen LogP) is 0.878. The van der Waals surface area contributed by atoms with E-state index in [1.54, 1.807) is 0 Å². The maximum Gasteiger partial charge on any atom is 0.222 e. The largest absolute Gasteiger partial charge is 0.399 e. The zero-order valence-corrected chi connectivity index (χ0v) is 8.71. The van der Waals surface area contributed by atoms with E-state index in [9.17, 15) is 4.79 Å². The van der Waals surface area contributed by atoms with Crippen molar-refractivity contribution in [2.45, 2.75) is 19.4 Å². The molecule has 1 fully saturated rings. The first-order valence-electron chi connectivity index (χ1n) is 5.04. The van der Waals surface area contributed by atoms with Crippen LogP contribution in [0.5, 0.6) is 0 Å². The van der Waals surface area contributed by atoms with Crippen LogP contribution in [0.4, 0.5) is 11.4 Å². The molecule has 1 aromatic rings. The molecular weight excluding hydrogens is 190 g/mol. The van der Waals surface area contributed by atoms with Crippen molar-refractivity contribution in [3.63, 3.8) is 0 Å². The van der Waals surface area contributed by atoms with E-state index in [-0.39, 0.29) is 11.9 Å². The number of aryl methyl sites for hydroxylation is 1. The fraction of sp³-hybridized carbons (Fsp3) is 0.364. The van der Waals surface area contributed by atoms with Crippen molar-refractivity contribution in [2.75, 3.05) is 17.6 Å². The van der Waals surface area contributed by atoms with Crippen molar-refractivity contribution < 1.29 is 4.79 Å². The molecule has 1 atom stereocenters. The molecule has 1 aliphatic rings. The van der Waals surface area contributed by atoms with Crippen molar-refractivity contribution in [1.82, 2.24) is 5.32 Å². The minimum atomic E-state index is 0.105. The Morgan fingerprint density at radius 1 is 1.47 bits per heavy atom. The third-order valence-corrected chi connectivity index (χ3v) is 2.45. The monoisotopic (exact) mass is 205 g/mol. The lowest BCUT2D eigenvalue weighted by atomic mass is 10.1. The summed E-state index contributed by atoms with van der Waals surface area (Å²) in [6, 6.07) is 6.01. The highest BCUT2D eigenvalue weighted by atomic mass is 16.1. The third kappa shape index (κ3) is 2.40. The van der Waals surface area contributed by atoms with Crippen LogP contribution in [0.25, 0.3) is 0 Å². The fourth-order valence-corrected chi connectivity index (χ4v) is 1.84. The first-order valence-corrected chi connectivity index (χ1v) is 5.04. The molecule has 1 amide bonds. The van der Waals surface area contributed by atoms with E-state index in [4.69, 9.17) is 5.73 Å². The number of hydrogen-bond donors (Lipinski definition) is 3. The molecule has 1 unspecified atom stereocenters. The van der Waals surface area contributed by atoms with E-state index in [2.05, 4.69) is 10.6 Å². The summed E-state index contributed by atoms with van der Waals surface area (Å²) in [6.45, 7) is 2.69. The lowest BCUT2D eigenvalue weighted by molar-refractivity contribution is -0.119. The third-order valence-electron chi connectivity index (χ3n) is 2.45. The second-order valence-corrected chi connectivity index (χ2v) is 3.98. The van der Waals surface area contributed by atoms with E-state index >= 15 is 0 Å². The summed E-state index contributed by atoms with van der Waals surface area (Å²) in [5, 5.41) is 6.08. The van der Waals surface area contributed by atoms with Gasteiger partial charge in [0.25, 0.3) is 0 Å². The van der Waals surface area contributed by atoms with Crippen LogP contribution in [0.15, 0.2) is 18.2 Å². The Balaban J connectivity index is 2.07. The van der Waals surface area contributed by atoms with Crippen molar-refractivity contribution >= 4 is 17.3 Å². The summed E-state index contributed by atoms with van der Waals surface area (Å²) in [5.74, 6) is 0.105. The minimum absolute atomic E-state index is 0.105. The summed E-state index contributed by atoms with van der Waals surface area (Å²) in [5.41, 5.74) is 8.58. The van der Waals surface area contributed by atoms with Crippen molar-refractivity contribution in [2.24, 2.45) is 0 Å². The molecule has 1 aliphatic heterocycles. The Bertz CT molecular complexity index is 369. The maximum atomic E-state index is 11.0. The van der Waals surface area contributed by atoms with E-state index < -0.39 is 0 Å². The molecule has 1 aromatic carbocycles. The zero-order valence-electron chi connectivity index (χ0n) is 8.71. The Hall–Kier alpha value is -1.71. The molecule has 80 valence electrons. The highest BCUT2D eigenvalue weighted by Crippen LogP contribution is 2.18. The number of carbonyl (C=O) groups excluding carboxylic acids is 1. The van der Waals surface area contributed by atoms with Gasteiger partial charge in [-0.05, 0) is 30.7 Å². The van der Waals surface area contributed by atoms with Gasteiger partial charge in [-0.2, -0.15) is 0 Å². The smallest absolute Gasteiger partial charge is 0.222 e. The van der Waals surface area contributed by atoms with Gasteiger partial charge in [0.05, 0.1) is 6.04 Å². The zero-order chi connectivity index (χ0) is 10.8. The second-order valence-electron chi connectivity index (χ2n) is 3.98. The first kappa shape index (κ1) is 9.83. The van der Waals surface area contributed by atoms with Crippen LogP contribution in [0.3, 0.4) is 0 Å². The molecule has 2 rings (SSSR count). The number of nitrogens with two attached hydrogens (primary N) is 1. The van der Waals surface area contributed by atoms with Crippen molar-refractivity contribution in [1.29, 1.82) is 0 Å². The van der Waals surface area contributed by atoms with Crippen LogP contribution in [0.1, 0.15) is 12.0 Å². The fourth-order valence-electron chi connectivity index (χ4n) is 1.84. The number of carbonyl (C=O) groups is 1. The van der Waals surface area contributed by atoms with Crippen LogP contribution in [0.2, 0.25) is 0 Å². The predicted molar refractivity (Wildman–Crippen MR) is 60.6 cm³/mol. The Morgan fingerprint density at radius 2 is 2.27 bits per heavy atom. The van der Waals surface area contributed by atoms with Gasteiger partial charge in [-0.1, -0.05) is 0 Å². The highest BCUT2D eigenvalue weighted by molar-refractivity contribution is 5.79. The van der Waals surface area contributed by atoms with Crippen molar-refractivity contribution in [3.05, 3.63) is 23.8 Å². The molecule has 1 heterocycles. The average molecular weight is 205 g/mol. The maximum absolute atomic E-state index is 11.0. The van der Waals surface area contributed by atoms with Crippen LogP contribution < -0.4 is 16.4 Å². The van der Waals surface area contributed by atoms with E-state index in [1.165, 1.54) is 0 Å². The van der Waals surface area contributed by atoms with Gasteiger partial charge in [-0.25, -0.2) is 0 Å². The lowest BCUT2D eigenvalue weighted by Gasteiger charge is -2.13. The van der Waals surface area contributed by atoms with E-state index in [1.807, 2.05) is 25.1 Å². The van der Waals surface area contributed by atoms with E-state index in [0.717, 1.165) is 16.9 Å². The molecule has 0 radical (unpaired) electrons. The molecule has 0 aliphatic carbocycles. The molecule has 0 spiro atoms. The summed E-state index contributed by atoms with van der Waals surface area (Å²) in [6.07, 6.45) is 0.536. The average Bonchev–Trinajstić information content (AvgIpc) is 2.49. The molecule has 4 heteroatoms. The minimum Gasteiger partial charge on any atom is -0.399 e. The van der Waals surface area contributed by atoms with Gasteiger partial charge in [-0.3, -0.25) is 4.79 Å². The van der Waals surface area contributed by atoms with Crippen LogP contribution in [0, 0.1) is 6.92 Å². The number of nitrogens with one attached hydrogen (secondary N) is 2. The molecule has 4 N–H and O–H groups in total. The molecular formula is C11H15N3O. The van der Waals surface area contributed by atoms with Gasteiger partial charge in [0.1, 0.15) is 0 Å². The second kappa shape index (κ2) is 3.81. The molecule has 0 saturated carbocycles. The molecule has 0 bridgehead atoms. The SMILES string of the molecule is Cc1cc(N)cc(NC2CNC(=O)C2)c1. The first-order chi connectivity index (χ1) is 7.13. The van der Waals surface area contributed by atoms with Gasteiger partial charge >= 0.3 is 0 Å². The van der Waals surface area contributed by atoms with Crippen LogP contribution in [-0.2, 0) is 4.79 Å². The number of benzene rings is 1. The standard InChI is InChI=1S/C11H15N3O/c1-7-2-8(12)4-9(3-7)14-10-5-11(15)13-6-10/h2-4,10,14H,5-6,12H2,1H3,(H,13,15). The van der Waals surface area contributed by atoms with Gasteiger partial charge in [0, 0.05) is 24.3 Å². The molecule has 1 saturated heterocycles. The molecule has 4 nitrogen and oxygen atoms in total. The Labute approximate surface area is 88.9 Å². The van der Waals surface area contributed by atoms with E-state index in [0.29, 0.717) is 13.0 Å². The summed E-state index contributed by atoms with van der Waals surface area (Å²) >= 11 is 0. The number of rotatable bonds is 2. The number of amides is 1. The summed E-state index contributed by atoms with van der Waals surface area (Å²) < 4.78 is 0. The normalized spacial score (nSPS) is 20.1. The summed E-state index contributed by atoms with van der Waals surface area (Å²) in [4.78, 5) is 11.0. The molecule has 0 aromatic heterocycles. The van der Waals surface area contributed by atoms with Crippen molar-refractivity contribution in [3.8, 4) is 0 Å². The number of nitrogen functional groups attached to an aromatic ring is 1. The molecule has 15 heavy (non-hydrogen) atoms. The van der Waals surface area contributed by atoms with Crippen LogP contribution in [-0.4, -0.2) is 18.5 Å². The quantitative estimate of drug-likeness (QED) is 0.628. The van der Waals surface area contributed by atoms with Gasteiger partial charge in [0.2, 0.25) is 5.91 Å². The van der Waals surface area contributed by atoms with Gasteiger partial charge in [0.15, 0.2) is 0 Å². The van der Waals surface area contributed by atoms with Gasteiger partial charge in [-0.15, -0.1) is 0 Å². The number of anilines is 2. The van der Waals surface area contributed by atoms with Crippen LogP contribution >= 0.6 is 0 Å². The topological polar surface area (TPSA) is 67.2 Å². The number of hydrogen-bond acceptors (Lipinski definition) is 3. The van der Waals surface area contributed by atoms with Gasteiger partial charge < -0.3 is 16.4 Å². The Morgan fingerprint density at radius 3 is 2.87 bits per heavy atom. The summed E-state index contributed by atoms with van der Waals surface area (Å²) in [7, 11) is 0. The lowest BCUT2D eigenvalue weighted by Crippen LogP contribution is -2.22.